The largest absolute Gasteiger partial charge is 0.353 e. The molecule has 2 fully saturated rings. The maximum atomic E-state index is 12.7. The van der Waals surface area contributed by atoms with Gasteiger partial charge in [0.1, 0.15) is 0 Å². The van der Waals surface area contributed by atoms with Crippen LogP contribution in [-0.4, -0.2) is 36.5 Å². The number of hydrogen-bond acceptors (Lipinski definition) is 3. The van der Waals surface area contributed by atoms with Gasteiger partial charge in [-0.2, -0.15) is 0 Å². The van der Waals surface area contributed by atoms with Crippen molar-refractivity contribution < 1.29 is 9.59 Å². The highest BCUT2D eigenvalue weighted by Crippen LogP contribution is 2.37. The Balaban J connectivity index is 1.52. The van der Waals surface area contributed by atoms with Crippen LogP contribution in [0.15, 0.2) is 30.3 Å². The van der Waals surface area contributed by atoms with Gasteiger partial charge in [0.05, 0.1) is 18.2 Å². The Morgan fingerprint density at radius 2 is 1.74 bits per heavy atom. The molecule has 27 heavy (non-hydrogen) atoms. The molecule has 2 aliphatic rings. The average molecular weight is 372 g/mol. The molecule has 1 saturated carbocycles. The SMILES string of the molecule is CN(c1ccccc1)N1CC(C(=O)NC2CCC(C(C)(C)C)CC2)CC1=O. The molecule has 1 atom stereocenters. The number of carbonyl (C=O) groups is 2. The smallest absolute Gasteiger partial charge is 0.241 e. The first kappa shape index (κ1) is 19.7. The molecule has 1 unspecified atom stereocenters. The van der Waals surface area contributed by atoms with Gasteiger partial charge in [0.15, 0.2) is 0 Å². The van der Waals surface area contributed by atoms with Crippen molar-refractivity contribution >= 4 is 17.5 Å². The van der Waals surface area contributed by atoms with Gasteiger partial charge in [0.2, 0.25) is 11.8 Å². The molecular weight excluding hydrogens is 338 g/mol. The van der Waals surface area contributed by atoms with Crippen molar-refractivity contribution in [2.24, 2.45) is 17.3 Å². The second-order valence-corrected chi connectivity index (χ2v) is 9.16. The summed E-state index contributed by atoms with van der Waals surface area (Å²) in [6.45, 7) is 7.36. The van der Waals surface area contributed by atoms with E-state index in [9.17, 15) is 9.59 Å². The minimum absolute atomic E-state index is 0.0120. The van der Waals surface area contributed by atoms with Crippen molar-refractivity contribution in [1.29, 1.82) is 0 Å². The third-order valence-electron chi connectivity index (χ3n) is 6.26. The lowest BCUT2D eigenvalue weighted by molar-refractivity contribution is -0.129. The van der Waals surface area contributed by atoms with Gasteiger partial charge >= 0.3 is 0 Å². The summed E-state index contributed by atoms with van der Waals surface area (Å²) in [5, 5.41) is 6.76. The van der Waals surface area contributed by atoms with Crippen molar-refractivity contribution in [2.75, 3.05) is 18.6 Å². The molecule has 1 saturated heterocycles. The first-order valence-electron chi connectivity index (χ1n) is 10.1. The molecule has 1 N–H and O–H groups in total. The van der Waals surface area contributed by atoms with Crippen molar-refractivity contribution in [3.05, 3.63) is 30.3 Å². The highest BCUT2D eigenvalue weighted by Gasteiger charge is 2.38. The molecule has 5 nitrogen and oxygen atoms in total. The zero-order valence-corrected chi connectivity index (χ0v) is 17.1. The normalized spacial score (nSPS) is 26.1. The average Bonchev–Trinajstić information content (AvgIpc) is 3.03. The van der Waals surface area contributed by atoms with Gasteiger partial charge in [-0.1, -0.05) is 39.0 Å². The van der Waals surface area contributed by atoms with Gasteiger partial charge in [-0.3, -0.25) is 19.6 Å². The van der Waals surface area contributed by atoms with Gasteiger partial charge < -0.3 is 5.32 Å². The minimum atomic E-state index is -0.260. The Kier molecular flexibility index (Phi) is 5.78. The maximum Gasteiger partial charge on any atom is 0.241 e. The van der Waals surface area contributed by atoms with E-state index in [1.807, 2.05) is 42.4 Å². The third-order valence-corrected chi connectivity index (χ3v) is 6.26. The molecule has 1 aliphatic heterocycles. The molecule has 1 aliphatic carbocycles. The van der Waals surface area contributed by atoms with Gasteiger partial charge in [-0.05, 0) is 49.1 Å². The van der Waals surface area contributed by atoms with Gasteiger partial charge in [-0.25, -0.2) is 0 Å². The Labute approximate surface area is 163 Å². The zero-order chi connectivity index (χ0) is 19.6. The number of nitrogens with zero attached hydrogens (tertiary/aromatic N) is 2. The van der Waals surface area contributed by atoms with Crippen LogP contribution in [0.4, 0.5) is 5.69 Å². The van der Waals surface area contributed by atoms with Gasteiger partial charge in [-0.15, -0.1) is 0 Å². The number of para-hydroxylation sites is 1. The molecule has 5 heteroatoms. The molecular formula is C22H33N3O2. The van der Waals surface area contributed by atoms with Crippen LogP contribution in [0.25, 0.3) is 0 Å². The van der Waals surface area contributed by atoms with Crippen LogP contribution in [0.3, 0.4) is 0 Å². The molecule has 1 aromatic rings. The molecule has 0 aromatic heterocycles. The lowest BCUT2D eigenvalue weighted by Gasteiger charge is -2.37. The molecule has 2 amide bonds. The summed E-state index contributed by atoms with van der Waals surface area (Å²) in [5.74, 6) is 0.516. The maximum absolute atomic E-state index is 12.7. The van der Waals surface area contributed by atoms with Gasteiger partial charge in [0, 0.05) is 19.5 Å². The van der Waals surface area contributed by atoms with Crippen molar-refractivity contribution in [3.8, 4) is 0 Å². The van der Waals surface area contributed by atoms with Crippen molar-refractivity contribution in [2.45, 2.75) is 58.9 Å². The lowest BCUT2D eigenvalue weighted by atomic mass is 9.71. The second kappa shape index (κ2) is 7.91. The molecule has 1 aromatic carbocycles. The summed E-state index contributed by atoms with van der Waals surface area (Å²) < 4.78 is 0. The number of amides is 2. The lowest BCUT2D eigenvalue weighted by Crippen LogP contribution is -2.44. The standard InChI is InChI=1S/C22H33N3O2/c1-22(2,3)17-10-12-18(13-11-17)23-21(27)16-14-20(26)25(15-16)24(4)19-8-6-5-7-9-19/h5-9,16-18H,10-15H2,1-4H3,(H,23,27). The van der Waals surface area contributed by atoms with E-state index < -0.39 is 0 Å². The first-order valence-corrected chi connectivity index (χ1v) is 10.1. The van der Waals surface area contributed by atoms with E-state index in [4.69, 9.17) is 0 Å². The van der Waals surface area contributed by atoms with Crippen molar-refractivity contribution in [1.82, 2.24) is 10.3 Å². The van der Waals surface area contributed by atoms with E-state index in [0.29, 0.717) is 18.4 Å². The fourth-order valence-corrected chi connectivity index (χ4v) is 4.36. The number of nitrogens with one attached hydrogen (secondary N) is 1. The van der Waals surface area contributed by atoms with E-state index in [-0.39, 0.29) is 23.8 Å². The van der Waals surface area contributed by atoms with Crippen molar-refractivity contribution in [3.63, 3.8) is 0 Å². The number of carbonyl (C=O) groups excluding carboxylic acids is 2. The van der Waals surface area contributed by atoms with Crippen LogP contribution in [-0.2, 0) is 9.59 Å². The number of anilines is 1. The number of hydrazine groups is 1. The number of benzene rings is 1. The topological polar surface area (TPSA) is 52.6 Å². The molecule has 0 bridgehead atoms. The Hall–Kier alpha value is -2.04. The Morgan fingerprint density at radius 1 is 1.11 bits per heavy atom. The molecule has 0 spiro atoms. The van der Waals surface area contributed by atoms with E-state index >= 15 is 0 Å². The predicted molar refractivity (Wildman–Crippen MR) is 108 cm³/mol. The van der Waals surface area contributed by atoms with E-state index in [0.717, 1.165) is 24.4 Å². The van der Waals surface area contributed by atoms with Crippen LogP contribution in [0.5, 0.6) is 0 Å². The fourth-order valence-electron chi connectivity index (χ4n) is 4.36. The Morgan fingerprint density at radius 3 is 2.33 bits per heavy atom. The molecule has 1 heterocycles. The fraction of sp³-hybridized carbons (Fsp3) is 0.636. The van der Waals surface area contributed by atoms with E-state index in [2.05, 4.69) is 26.1 Å². The summed E-state index contributed by atoms with van der Waals surface area (Å²) in [5.41, 5.74) is 1.29. The minimum Gasteiger partial charge on any atom is -0.353 e. The van der Waals surface area contributed by atoms with Gasteiger partial charge in [0.25, 0.3) is 0 Å². The second-order valence-electron chi connectivity index (χ2n) is 9.16. The van der Waals surface area contributed by atoms with Crippen LogP contribution >= 0.6 is 0 Å². The van der Waals surface area contributed by atoms with Crippen LogP contribution in [0.1, 0.15) is 52.9 Å². The number of hydrogen-bond donors (Lipinski definition) is 1. The summed E-state index contributed by atoms with van der Waals surface area (Å²) in [6, 6.07) is 10.0. The summed E-state index contributed by atoms with van der Waals surface area (Å²) in [6.07, 6.45) is 4.71. The monoisotopic (exact) mass is 371 g/mol. The summed E-state index contributed by atoms with van der Waals surface area (Å²) >= 11 is 0. The summed E-state index contributed by atoms with van der Waals surface area (Å²) in [7, 11) is 1.88. The van der Waals surface area contributed by atoms with Crippen LogP contribution in [0.2, 0.25) is 0 Å². The molecule has 148 valence electrons. The molecule has 0 radical (unpaired) electrons. The zero-order valence-electron chi connectivity index (χ0n) is 17.1. The number of rotatable bonds is 4. The predicted octanol–water partition coefficient (Wildman–Crippen LogP) is 3.61. The quantitative estimate of drug-likeness (QED) is 0.880. The van der Waals surface area contributed by atoms with E-state index in [1.165, 1.54) is 12.8 Å². The first-order chi connectivity index (χ1) is 12.8. The Bertz CT molecular complexity index is 660. The molecule has 3 rings (SSSR count). The highest BCUT2D eigenvalue weighted by molar-refractivity contribution is 5.90. The summed E-state index contributed by atoms with van der Waals surface area (Å²) in [4.78, 5) is 25.2. The third kappa shape index (κ3) is 4.63. The van der Waals surface area contributed by atoms with Crippen LogP contribution in [0, 0.1) is 17.3 Å². The van der Waals surface area contributed by atoms with Crippen LogP contribution < -0.4 is 10.3 Å². The highest BCUT2D eigenvalue weighted by atomic mass is 16.2. The van der Waals surface area contributed by atoms with E-state index in [1.54, 1.807) is 5.01 Å².